The van der Waals surface area contributed by atoms with Crippen molar-refractivity contribution in [3.05, 3.63) is 36.0 Å². The SMILES string of the molecule is Cn1c(C(=O)N[C@@H](CCCN)C(=O)NC2CCC(C(=O)O)CC2)cc2ccccc21. The van der Waals surface area contributed by atoms with Crippen molar-refractivity contribution in [3.8, 4) is 0 Å². The highest BCUT2D eigenvalue weighted by molar-refractivity contribution is 6.00. The summed E-state index contributed by atoms with van der Waals surface area (Å²) in [6.07, 6.45) is 3.42. The minimum absolute atomic E-state index is 0.0667. The summed E-state index contributed by atoms with van der Waals surface area (Å²) in [4.78, 5) is 36.9. The Balaban J connectivity index is 1.66. The van der Waals surface area contributed by atoms with E-state index in [0.717, 1.165) is 10.9 Å². The first-order valence-electron chi connectivity index (χ1n) is 10.5. The summed E-state index contributed by atoms with van der Waals surface area (Å²) in [7, 11) is 1.83. The second kappa shape index (κ2) is 9.75. The van der Waals surface area contributed by atoms with Gasteiger partial charge in [-0.15, -0.1) is 0 Å². The average Bonchev–Trinajstić information content (AvgIpc) is 3.08. The number of aliphatic carboxylic acids is 1. The molecule has 0 bridgehead atoms. The summed E-state index contributed by atoms with van der Waals surface area (Å²) < 4.78 is 1.82. The number of nitrogens with one attached hydrogen (secondary N) is 2. The number of aryl methyl sites for hydroxylation is 1. The van der Waals surface area contributed by atoms with Gasteiger partial charge in [0.05, 0.1) is 5.92 Å². The van der Waals surface area contributed by atoms with Crippen molar-refractivity contribution in [1.82, 2.24) is 15.2 Å². The fourth-order valence-corrected chi connectivity index (χ4v) is 4.12. The molecule has 5 N–H and O–H groups in total. The van der Waals surface area contributed by atoms with Crippen molar-refractivity contribution in [2.75, 3.05) is 6.54 Å². The zero-order chi connectivity index (χ0) is 21.7. The van der Waals surface area contributed by atoms with Crippen molar-refractivity contribution in [2.45, 2.75) is 50.6 Å². The maximum atomic E-state index is 12.9. The van der Waals surface area contributed by atoms with Gasteiger partial charge in [0, 0.05) is 24.0 Å². The van der Waals surface area contributed by atoms with E-state index in [9.17, 15) is 14.4 Å². The third kappa shape index (κ3) is 4.99. The van der Waals surface area contributed by atoms with Crippen LogP contribution in [0.15, 0.2) is 30.3 Å². The maximum Gasteiger partial charge on any atom is 0.306 e. The highest BCUT2D eigenvalue weighted by Gasteiger charge is 2.29. The lowest BCUT2D eigenvalue weighted by molar-refractivity contribution is -0.142. The first-order chi connectivity index (χ1) is 14.4. The Morgan fingerprint density at radius 2 is 1.90 bits per heavy atom. The standard InChI is InChI=1S/C22H30N4O4/c1-26-18-7-3-2-5-15(18)13-19(26)21(28)25-17(6-4-12-23)20(27)24-16-10-8-14(9-11-16)22(29)30/h2-3,5,7,13-14,16-17H,4,6,8-12,23H2,1H3,(H,24,27)(H,25,28)(H,29,30)/t14?,16?,17-/m0/s1. The predicted octanol–water partition coefficient (Wildman–Crippen LogP) is 1.78. The summed E-state index contributed by atoms with van der Waals surface area (Å²) in [5.74, 6) is -1.66. The number of nitrogens with two attached hydrogens (primary N) is 1. The number of carbonyl (C=O) groups excluding carboxylic acids is 2. The van der Waals surface area contributed by atoms with Crippen LogP contribution in [0.4, 0.5) is 0 Å². The summed E-state index contributed by atoms with van der Waals surface area (Å²) in [6, 6.07) is 8.78. The number of benzene rings is 1. The molecule has 1 aliphatic rings. The van der Waals surface area contributed by atoms with Crippen LogP contribution in [0.1, 0.15) is 49.0 Å². The monoisotopic (exact) mass is 414 g/mol. The Morgan fingerprint density at radius 1 is 1.20 bits per heavy atom. The second-order valence-electron chi connectivity index (χ2n) is 8.00. The van der Waals surface area contributed by atoms with E-state index >= 15 is 0 Å². The molecule has 1 fully saturated rings. The molecular weight excluding hydrogens is 384 g/mol. The van der Waals surface area contributed by atoms with Crippen LogP contribution in [0.5, 0.6) is 0 Å². The number of nitrogens with zero attached hydrogens (tertiary/aromatic N) is 1. The van der Waals surface area contributed by atoms with Gasteiger partial charge < -0.3 is 26.0 Å². The zero-order valence-electron chi connectivity index (χ0n) is 17.3. The van der Waals surface area contributed by atoms with Gasteiger partial charge in [-0.05, 0) is 57.2 Å². The molecule has 1 aromatic heterocycles. The number of para-hydroxylation sites is 1. The van der Waals surface area contributed by atoms with E-state index < -0.39 is 12.0 Å². The van der Waals surface area contributed by atoms with Crippen LogP contribution >= 0.6 is 0 Å². The molecule has 2 aromatic rings. The highest BCUT2D eigenvalue weighted by Crippen LogP contribution is 2.24. The zero-order valence-corrected chi connectivity index (χ0v) is 17.3. The normalized spacial score (nSPS) is 19.9. The Bertz CT molecular complexity index is 915. The molecule has 1 aromatic carbocycles. The van der Waals surface area contributed by atoms with Gasteiger partial charge in [0.25, 0.3) is 5.91 Å². The van der Waals surface area contributed by atoms with Gasteiger partial charge in [-0.25, -0.2) is 0 Å². The predicted molar refractivity (Wildman–Crippen MR) is 114 cm³/mol. The van der Waals surface area contributed by atoms with Crippen LogP contribution in [0.2, 0.25) is 0 Å². The topological polar surface area (TPSA) is 126 Å². The molecule has 0 spiro atoms. The minimum atomic E-state index is -0.775. The third-order valence-corrected chi connectivity index (χ3v) is 5.93. The Kier molecular flexibility index (Phi) is 7.10. The van der Waals surface area contributed by atoms with Crippen LogP contribution in [0.3, 0.4) is 0 Å². The van der Waals surface area contributed by atoms with E-state index in [1.807, 2.05) is 41.9 Å². The Labute approximate surface area is 175 Å². The van der Waals surface area contributed by atoms with Crippen molar-refractivity contribution in [2.24, 2.45) is 18.7 Å². The van der Waals surface area contributed by atoms with E-state index in [4.69, 9.17) is 10.8 Å². The van der Waals surface area contributed by atoms with Crippen molar-refractivity contribution >= 4 is 28.7 Å². The number of amides is 2. The van der Waals surface area contributed by atoms with E-state index in [1.165, 1.54) is 0 Å². The van der Waals surface area contributed by atoms with E-state index in [2.05, 4.69) is 10.6 Å². The summed E-state index contributed by atoms with van der Waals surface area (Å²) in [5, 5.41) is 15.9. The molecular formula is C22H30N4O4. The molecule has 1 aliphatic carbocycles. The highest BCUT2D eigenvalue weighted by atomic mass is 16.4. The van der Waals surface area contributed by atoms with Crippen molar-refractivity contribution < 1.29 is 19.5 Å². The fourth-order valence-electron chi connectivity index (χ4n) is 4.12. The van der Waals surface area contributed by atoms with Crippen LogP contribution in [0, 0.1) is 5.92 Å². The molecule has 2 amide bonds. The molecule has 30 heavy (non-hydrogen) atoms. The minimum Gasteiger partial charge on any atom is -0.481 e. The van der Waals surface area contributed by atoms with Crippen LogP contribution < -0.4 is 16.4 Å². The number of rotatable bonds is 8. The first kappa shape index (κ1) is 21.8. The molecule has 8 heteroatoms. The number of fused-ring (bicyclic) bond motifs is 1. The molecule has 1 saturated carbocycles. The summed E-state index contributed by atoms with van der Waals surface area (Å²) in [6.45, 7) is 0.428. The van der Waals surface area contributed by atoms with Gasteiger partial charge in [0.1, 0.15) is 11.7 Å². The Hall–Kier alpha value is -2.87. The van der Waals surface area contributed by atoms with E-state index in [-0.39, 0.29) is 23.8 Å². The lowest BCUT2D eigenvalue weighted by atomic mass is 9.86. The van der Waals surface area contributed by atoms with Crippen LogP contribution in [-0.2, 0) is 16.6 Å². The number of hydrogen-bond acceptors (Lipinski definition) is 4. The Morgan fingerprint density at radius 3 is 2.53 bits per heavy atom. The number of carboxylic acids is 1. The van der Waals surface area contributed by atoms with Crippen LogP contribution in [-0.4, -0.2) is 46.1 Å². The van der Waals surface area contributed by atoms with Gasteiger partial charge in [0.2, 0.25) is 5.91 Å². The van der Waals surface area contributed by atoms with E-state index in [1.54, 1.807) is 0 Å². The van der Waals surface area contributed by atoms with Gasteiger partial charge in [-0.1, -0.05) is 18.2 Å². The third-order valence-electron chi connectivity index (χ3n) is 5.93. The van der Waals surface area contributed by atoms with E-state index in [0.29, 0.717) is 50.8 Å². The number of carboxylic acid groups (broad SMARTS) is 1. The lowest BCUT2D eigenvalue weighted by Gasteiger charge is -2.28. The summed E-state index contributed by atoms with van der Waals surface area (Å²) in [5.41, 5.74) is 7.05. The van der Waals surface area contributed by atoms with Crippen molar-refractivity contribution in [3.63, 3.8) is 0 Å². The average molecular weight is 415 g/mol. The lowest BCUT2D eigenvalue weighted by Crippen LogP contribution is -2.50. The van der Waals surface area contributed by atoms with Crippen LogP contribution in [0.25, 0.3) is 10.9 Å². The molecule has 0 radical (unpaired) electrons. The smallest absolute Gasteiger partial charge is 0.306 e. The molecule has 1 heterocycles. The molecule has 0 saturated heterocycles. The fraction of sp³-hybridized carbons (Fsp3) is 0.500. The largest absolute Gasteiger partial charge is 0.481 e. The van der Waals surface area contributed by atoms with Crippen molar-refractivity contribution in [1.29, 1.82) is 0 Å². The van der Waals surface area contributed by atoms with Gasteiger partial charge in [0.15, 0.2) is 0 Å². The quantitative estimate of drug-likeness (QED) is 0.524. The first-order valence-corrected chi connectivity index (χ1v) is 10.5. The van der Waals surface area contributed by atoms with Gasteiger partial charge in [-0.2, -0.15) is 0 Å². The molecule has 8 nitrogen and oxygen atoms in total. The number of carbonyl (C=O) groups is 3. The second-order valence-corrected chi connectivity index (χ2v) is 8.00. The summed E-state index contributed by atoms with van der Waals surface area (Å²) >= 11 is 0. The molecule has 1 atom stereocenters. The molecule has 0 aliphatic heterocycles. The van der Waals surface area contributed by atoms with Gasteiger partial charge in [-0.3, -0.25) is 14.4 Å². The van der Waals surface area contributed by atoms with Gasteiger partial charge >= 0.3 is 5.97 Å². The number of hydrogen-bond donors (Lipinski definition) is 4. The number of aromatic nitrogens is 1. The molecule has 0 unspecified atom stereocenters. The molecule has 3 rings (SSSR count). The molecule has 162 valence electrons. The maximum absolute atomic E-state index is 12.9.